The Labute approximate surface area is 217 Å². The van der Waals surface area contributed by atoms with Gasteiger partial charge < -0.3 is 20.6 Å². The number of rotatable bonds is 11. The number of carboxylic acids is 1. The Kier molecular flexibility index (Phi) is 9.12. The van der Waals surface area contributed by atoms with Crippen LogP contribution in [0, 0.1) is 5.92 Å². The van der Waals surface area contributed by atoms with Gasteiger partial charge in [-0.3, -0.25) is 9.59 Å². The lowest BCUT2D eigenvalue weighted by molar-refractivity contribution is -0.139. The molecular weight excluding hydrogens is 494 g/mol. The highest BCUT2D eigenvalue weighted by Crippen LogP contribution is 2.21. The van der Waals surface area contributed by atoms with E-state index in [1.807, 2.05) is 0 Å². The molecular formula is C26H35N5O5S. The summed E-state index contributed by atoms with van der Waals surface area (Å²) in [6, 6.07) is 10.3. The predicted octanol–water partition coefficient (Wildman–Crippen LogP) is 1.63. The fourth-order valence-electron chi connectivity index (χ4n) is 4.85. The van der Waals surface area contributed by atoms with Crippen LogP contribution in [0.3, 0.4) is 0 Å². The van der Waals surface area contributed by atoms with Crippen LogP contribution in [-0.2, 0) is 32.5 Å². The van der Waals surface area contributed by atoms with E-state index in [-0.39, 0.29) is 23.3 Å². The number of hydrogen-bond donors (Lipinski definition) is 4. The quantitative estimate of drug-likeness (QED) is 0.344. The van der Waals surface area contributed by atoms with Crippen molar-refractivity contribution in [1.29, 1.82) is 0 Å². The zero-order valence-corrected chi connectivity index (χ0v) is 21.7. The summed E-state index contributed by atoms with van der Waals surface area (Å²) in [7, 11) is -4.02. The van der Waals surface area contributed by atoms with Gasteiger partial charge in [-0.1, -0.05) is 24.3 Å². The van der Waals surface area contributed by atoms with Crippen LogP contribution in [-0.4, -0.2) is 74.1 Å². The van der Waals surface area contributed by atoms with Crippen LogP contribution in [0.1, 0.15) is 36.9 Å². The number of likely N-dealkylation sites (tertiary alicyclic amines) is 1. The molecule has 4 rings (SSSR count). The molecule has 11 heteroatoms. The smallest absolute Gasteiger partial charge is 0.323 e. The van der Waals surface area contributed by atoms with E-state index in [1.165, 1.54) is 17.7 Å². The Morgan fingerprint density at radius 2 is 1.97 bits per heavy atom. The summed E-state index contributed by atoms with van der Waals surface area (Å²) < 4.78 is 27.2. The molecule has 0 saturated carbocycles. The van der Waals surface area contributed by atoms with E-state index in [4.69, 9.17) is 4.98 Å². The molecule has 0 unspecified atom stereocenters. The number of carbonyl (C=O) groups is 2. The third-order valence-corrected chi connectivity index (χ3v) is 8.35. The number of amides is 1. The summed E-state index contributed by atoms with van der Waals surface area (Å²) in [6.07, 6.45) is 5.60. The molecule has 1 aromatic heterocycles. The number of anilines is 1. The van der Waals surface area contributed by atoms with Crippen molar-refractivity contribution in [3.05, 3.63) is 53.7 Å². The highest BCUT2D eigenvalue weighted by atomic mass is 32.2. The maximum atomic E-state index is 12.8. The van der Waals surface area contributed by atoms with Gasteiger partial charge in [0.2, 0.25) is 15.9 Å². The number of aliphatic carboxylic acids is 1. The minimum atomic E-state index is -4.02. The van der Waals surface area contributed by atoms with Gasteiger partial charge in [0, 0.05) is 25.3 Å². The maximum absolute atomic E-state index is 12.8. The Balaban J connectivity index is 1.24. The van der Waals surface area contributed by atoms with Crippen molar-refractivity contribution < 1.29 is 23.1 Å². The van der Waals surface area contributed by atoms with Crippen molar-refractivity contribution in [3.8, 4) is 0 Å². The number of carboxylic acid groups (broad SMARTS) is 1. The molecule has 3 heterocycles. The summed E-state index contributed by atoms with van der Waals surface area (Å²) in [4.78, 5) is 31.5. The number of aryl methyl sites for hydroxylation is 2. The number of pyridine rings is 1. The average molecular weight is 530 g/mol. The number of fused-ring (bicyclic) bond motifs is 1. The highest BCUT2D eigenvalue weighted by Gasteiger charge is 2.29. The van der Waals surface area contributed by atoms with Crippen molar-refractivity contribution in [2.24, 2.45) is 5.92 Å². The first-order valence-corrected chi connectivity index (χ1v) is 14.3. The second-order valence-electron chi connectivity index (χ2n) is 9.65. The molecule has 1 amide bonds. The molecule has 0 spiro atoms. The Hall–Kier alpha value is -3.02. The number of hydrogen-bond acceptors (Lipinski definition) is 7. The van der Waals surface area contributed by atoms with Gasteiger partial charge in [-0.2, -0.15) is 4.72 Å². The molecule has 0 aliphatic carbocycles. The molecule has 1 fully saturated rings. The lowest BCUT2D eigenvalue weighted by Gasteiger charge is -2.32. The summed E-state index contributed by atoms with van der Waals surface area (Å²) in [5, 5.41) is 15.5. The molecule has 37 heavy (non-hydrogen) atoms. The van der Waals surface area contributed by atoms with Crippen LogP contribution in [0.15, 0.2) is 47.4 Å². The van der Waals surface area contributed by atoms with Gasteiger partial charge >= 0.3 is 5.97 Å². The van der Waals surface area contributed by atoms with E-state index in [0.717, 1.165) is 63.3 Å². The molecule has 2 atom stereocenters. The largest absolute Gasteiger partial charge is 0.480 e. The third-order valence-electron chi connectivity index (χ3n) is 6.86. The number of aromatic nitrogens is 1. The summed E-state index contributed by atoms with van der Waals surface area (Å²) in [5.41, 5.74) is 2.34. The van der Waals surface area contributed by atoms with Crippen LogP contribution in [0.5, 0.6) is 0 Å². The average Bonchev–Trinajstić information content (AvgIpc) is 2.91. The molecule has 0 bridgehead atoms. The van der Waals surface area contributed by atoms with Crippen molar-refractivity contribution >= 4 is 27.7 Å². The fraction of sp³-hybridized carbons (Fsp3) is 0.500. The number of carbonyl (C=O) groups excluding carboxylic acids is 1. The molecule has 0 radical (unpaired) electrons. The van der Waals surface area contributed by atoms with Gasteiger partial charge in [-0.05, 0) is 75.4 Å². The highest BCUT2D eigenvalue weighted by molar-refractivity contribution is 7.89. The topological polar surface area (TPSA) is 141 Å². The maximum Gasteiger partial charge on any atom is 0.323 e. The molecule has 200 valence electrons. The zero-order valence-electron chi connectivity index (χ0n) is 20.9. The van der Waals surface area contributed by atoms with Crippen LogP contribution in [0.4, 0.5) is 5.82 Å². The monoisotopic (exact) mass is 529 g/mol. The number of benzene rings is 1. The number of nitrogens with one attached hydrogen (secondary N) is 3. The molecule has 1 aromatic carbocycles. The van der Waals surface area contributed by atoms with Crippen molar-refractivity contribution in [1.82, 2.24) is 19.9 Å². The van der Waals surface area contributed by atoms with Crippen LogP contribution in [0.2, 0.25) is 0 Å². The first kappa shape index (κ1) is 27.0. The van der Waals surface area contributed by atoms with Crippen molar-refractivity contribution in [2.75, 3.05) is 38.0 Å². The Morgan fingerprint density at radius 1 is 1.16 bits per heavy atom. The van der Waals surface area contributed by atoms with E-state index >= 15 is 0 Å². The van der Waals surface area contributed by atoms with Gasteiger partial charge in [0.05, 0.1) is 10.8 Å². The molecule has 2 aromatic rings. The van der Waals surface area contributed by atoms with Gasteiger partial charge in [-0.15, -0.1) is 0 Å². The summed E-state index contributed by atoms with van der Waals surface area (Å²) in [6.45, 7) is 3.00. The fourth-order valence-corrected chi connectivity index (χ4v) is 6.06. The first-order valence-electron chi connectivity index (χ1n) is 12.8. The van der Waals surface area contributed by atoms with Gasteiger partial charge in [0.15, 0.2) is 0 Å². The van der Waals surface area contributed by atoms with Crippen molar-refractivity contribution in [3.63, 3.8) is 0 Å². The van der Waals surface area contributed by atoms with Crippen LogP contribution < -0.4 is 15.4 Å². The lowest BCUT2D eigenvalue weighted by Crippen LogP contribution is -2.50. The van der Waals surface area contributed by atoms with E-state index in [0.29, 0.717) is 13.0 Å². The minimum Gasteiger partial charge on any atom is -0.480 e. The Morgan fingerprint density at radius 3 is 2.76 bits per heavy atom. The zero-order chi connectivity index (χ0) is 26.3. The number of sulfonamides is 1. The standard InChI is InChI=1S/C26H35N5O5S/c32-25(28-17-23(26(33)34)30-37(35,36)22-10-2-1-3-11-22)20-8-5-15-31(18-20)16-6-9-21-13-12-19-7-4-14-27-24(19)29-21/h1-3,10-13,20,23,30H,4-9,14-18H2,(H,27,29)(H,28,32)(H,33,34)/t20-,23+/m1/s1. The SMILES string of the molecule is O=C(NC[C@H](NS(=O)(=O)c1ccccc1)C(=O)O)[C@@H]1CCCN(CCCc2ccc3c(n2)NCCC3)C1. The molecule has 1 saturated heterocycles. The summed E-state index contributed by atoms with van der Waals surface area (Å²) >= 11 is 0. The second-order valence-corrected chi connectivity index (χ2v) is 11.4. The van der Waals surface area contributed by atoms with Crippen LogP contribution >= 0.6 is 0 Å². The van der Waals surface area contributed by atoms with E-state index in [2.05, 4.69) is 32.4 Å². The second kappa shape index (κ2) is 12.5. The lowest BCUT2D eigenvalue weighted by atomic mass is 9.96. The van der Waals surface area contributed by atoms with E-state index in [1.54, 1.807) is 18.2 Å². The van der Waals surface area contributed by atoms with E-state index in [9.17, 15) is 23.1 Å². The van der Waals surface area contributed by atoms with Gasteiger partial charge in [0.1, 0.15) is 11.9 Å². The summed E-state index contributed by atoms with van der Waals surface area (Å²) in [5.74, 6) is -0.863. The first-order chi connectivity index (χ1) is 17.8. The molecule has 10 nitrogen and oxygen atoms in total. The van der Waals surface area contributed by atoms with Crippen molar-refractivity contribution in [2.45, 2.75) is 49.5 Å². The minimum absolute atomic E-state index is 0.0302. The molecule has 2 aliphatic rings. The third kappa shape index (κ3) is 7.50. The van der Waals surface area contributed by atoms with Crippen LogP contribution in [0.25, 0.3) is 0 Å². The number of piperidine rings is 1. The van der Waals surface area contributed by atoms with Gasteiger partial charge in [0.25, 0.3) is 0 Å². The van der Waals surface area contributed by atoms with Gasteiger partial charge in [-0.25, -0.2) is 13.4 Å². The van der Waals surface area contributed by atoms with E-state index < -0.39 is 22.0 Å². The molecule has 2 aliphatic heterocycles. The number of nitrogens with zero attached hydrogens (tertiary/aromatic N) is 2. The Bertz CT molecular complexity index is 1190. The normalized spacial score (nSPS) is 18.9. The molecule has 4 N–H and O–H groups in total. The predicted molar refractivity (Wildman–Crippen MR) is 140 cm³/mol.